The van der Waals surface area contributed by atoms with E-state index >= 15 is 0 Å². The van der Waals surface area contributed by atoms with Gasteiger partial charge in [-0.2, -0.15) is 0 Å². The van der Waals surface area contributed by atoms with Crippen LogP contribution in [0.3, 0.4) is 0 Å². The van der Waals surface area contributed by atoms with Crippen LogP contribution in [-0.4, -0.2) is 115 Å². The van der Waals surface area contributed by atoms with Crippen molar-refractivity contribution in [2.45, 2.75) is 152 Å². The van der Waals surface area contributed by atoms with Gasteiger partial charge in [0.15, 0.2) is 0 Å². The molecule has 8 unspecified atom stereocenters. The molecule has 5 heterocycles. The van der Waals surface area contributed by atoms with Crippen LogP contribution in [-0.2, 0) is 0 Å². The quantitative estimate of drug-likeness (QED) is 0.0679. The predicted octanol–water partition coefficient (Wildman–Crippen LogP) is -3.20. The van der Waals surface area contributed by atoms with Crippen LogP contribution in [0.15, 0.2) is 0 Å². The molecule has 4 aliphatic carbocycles. The Labute approximate surface area is 337 Å². The minimum atomic E-state index is -1.75. The van der Waals surface area contributed by atoms with Crippen molar-refractivity contribution in [1.29, 1.82) is 0 Å². The van der Waals surface area contributed by atoms with Gasteiger partial charge in [-0.3, -0.25) is 42.5 Å². The van der Waals surface area contributed by atoms with Gasteiger partial charge in [-0.05, 0) is 98.7 Å². The van der Waals surface area contributed by atoms with Crippen molar-refractivity contribution < 1.29 is 43.0 Å². The monoisotopic (exact) mass is 808 g/mol. The fraction of sp³-hybridized carbons (Fsp3) is 1.00. The van der Waals surface area contributed by atoms with Crippen LogP contribution in [0.25, 0.3) is 0 Å². The molecule has 320 valence electrons. The van der Waals surface area contributed by atoms with E-state index in [4.69, 9.17) is 30.6 Å². The molecular formula is C32H68MgN10O12. The molecule has 8 bridgehead atoms. The Hall–Kier alpha value is -1.39. The molecule has 23 heteroatoms. The molecule has 0 radical (unpaired) electrons. The summed E-state index contributed by atoms with van der Waals surface area (Å²) in [5, 5.41) is 63.3. The average molecular weight is 809 g/mol. The third-order valence-corrected chi connectivity index (χ3v) is 13.8. The molecule has 9 fully saturated rings. The van der Waals surface area contributed by atoms with Gasteiger partial charge in [-0.1, -0.05) is 51.4 Å². The van der Waals surface area contributed by atoms with Crippen molar-refractivity contribution in [1.82, 2.24) is 42.5 Å². The molecule has 9 aliphatic rings. The Morgan fingerprint density at radius 1 is 0.291 bits per heavy atom. The van der Waals surface area contributed by atoms with E-state index in [0.29, 0.717) is 49.3 Å². The van der Waals surface area contributed by atoms with Gasteiger partial charge < -0.3 is 63.5 Å². The number of nitrogens with one attached hydrogen (secondary N) is 8. The second-order valence-corrected chi connectivity index (χ2v) is 16.1. The number of hydrogen-bond donors (Lipinski definition) is 8. The predicted molar refractivity (Wildman–Crippen MR) is 205 cm³/mol. The molecular weight excluding hydrogens is 741 g/mol. The minimum absolute atomic E-state index is 0. The molecule has 9 rings (SSSR count). The summed E-state index contributed by atoms with van der Waals surface area (Å²) in [4.78, 5) is 16.5. The second-order valence-electron chi connectivity index (χ2n) is 16.1. The molecule has 20 N–H and O–H groups in total. The van der Waals surface area contributed by atoms with Crippen molar-refractivity contribution in [3.05, 3.63) is 30.6 Å². The Morgan fingerprint density at radius 3 is 0.473 bits per heavy atom. The van der Waals surface area contributed by atoms with Gasteiger partial charge in [0, 0.05) is 0 Å². The van der Waals surface area contributed by atoms with Crippen LogP contribution in [0.5, 0.6) is 0 Å². The standard InChI is InChI=1S/C32H56N8.Mg.2NO3.6H2O/c1-2-10-18-17(9-1)25-33-26(18)38-28-21-13-5-6-14-22(21)30(35-28)40-32-24-16-8-7-15-23(24)31(36-32)39-29-20-12-4-3-11-19(20)27(34-29)37-25;;2*2-1(3)4;;;;;;/h17-40H,1-16H2;;;;6*1H2/q;+2;2*-1;;;;;;. The normalized spacial score (nSPS) is 42.8. The molecule has 4 saturated carbocycles. The van der Waals surface area contributed by atoms with E-state index in [1.54, 1.807) is 0 Å². The van der Waals surface area contributed by atoms with E-state index in [2.05, 4.69) is 42.5 Å². The van der Waals surface area contributed by atoms with Crippen molar-refractivity contribution in [3.63, 3.8) is 0 Å². The van der Waals surface area contributed by atoms with Gasteiger partial charge in [0.2, 0.25) is 0 Å². The van der Waals surface area contributed by atoms with Gasteiger partial charge in [0.05, 0.1) is 59.5 Å². The summed E-state index contributed by atoms with van der Waals surface area (Å²) in [6.45, 7) is 0. The van der Waals surface area contributed by atoms with Crippen LogP contribution >= 0.6 is 0 Å². The molecule has 5 aliphatic heterocycles. The summed E-state index contributed by atoms with van der Waals surface area (Å²) >= 11 is 0. The number of hydrogen-bond acceptors (Lipinski definition) is 14. The maximum absolute atomic E-state index is 8.25. The molecule has 0 aromatic heterocycles. The fourth-order valence-corrected chi connectivity index (χ4v) is 12.0. The molecule has 5 saturated heterocycles. The molecule has 0 spiro atoms. The third-order valence-electron chi connectivity index (χ3n) is 13.8. The van der Waals surface area contributed by atoms with E-state index < -0.39 is 10.2 Å². The largest absolute Gasteiger partial charge is 2.00 e. The smallest absolute Gasteiger partial charge is 0.412 e. The van der Waals surface area contributed by atoms with Gasteiger partial charge >= 0.3 is 23.1 Å². The second kappa shape index (κ2) is 23.9. The maximum Gasteiger partial charge on any atom is 2.00 e. The molecule has 0 aromatic rings. The Morgan fingerprint density at radius 2 is 0.382 bits per heavy atom. The number of nitrogens with zero attached hydrogens (tertiary/aromatic N) is 2. The molecule has 55 heavy (non-hydrogen) atoms. The molecule has 0 aromatic carbocycles. The fourth-order valence-electron chi connectivity index (χ4n) is 12.0. The first-order valence-electron chi connectivity index (χ1n) is 19.0. The first kappa shape index (κ1) is 53.6. The van der Waals surface area contributed by atoms with E-state index in [1.807, 2.05) is 0 Å². The van der Waals surface area contributed by atoms with Crippen molar-refractivity contribution >= 4 is 23.1 Å². The third kappa shape index (κ3) is 11.9. The summed E-state index contributed by atoms with van der Waals surface area (Å²) in [5.74, 6) is 5.97. The van der Waals surface area contributed by atoms with E-state index in [9.17, 15) is 0 Å². The summed E-state index contributed by atoms with van der Waals surface area (Å²) in [6, 6.07) is 0. The van der Waals surface area contributed by atoms with Crippen LogP contribution in [0.4, 0.5) is 0 Å². The molecule has 22 nitrogen and oxygen atoms in total. The van der Waals surface area contributed by atoms with Crippen LogP contribution in [0.2, 0.25) is 0 Å². The summed E-state index contributed by atoms with van der Waals surface area (Å²) < 4.78 is 0. The number of fused-ring (bicyclic) bond motifs is 20. The first-order chi connectivity index (χ1) is 23.3. The van der Waals surface area contributed by atoms with E-state index in [0.717, 1.165) is 47.3 Å². The zero-order valence-corrected chi connectivity index (χ0v) is 33.0. The Bertz CT molecular complexity index is 920. The van der Waals surface area contributed by atoms with Crippen molar-refractivity contribution in [2.24, 2.45) is 47.3 Å². The zero-order valence-electron chi connectivity index (χ0n) is 31.6. The van der Waals surface area contributed by atoms with Crippen molar-refractivity contribution in [2.75, 3.05) is 0 Å². The maximum atomic E-state index is 8.25. The molecule has 0 amide bonds. The topological polar surface area (TPSA) is 418 Å². The van der Waals surface area contributed by atoms with E-state index in [1.165, 1.54) is 103 Å². The van der Waals surface area contributed by atoms with Crippen LogP contribution in [0.1, 0.15) is 103 Å². The van der Waals surface area contributed by atoms with Gasteiger partial charge in [-0.25, -0.2) is 0 Å². The van der Waals surface area contributed by atoms with E-state index in [-0.39, 0.29) is 55.9 Å². The minimum Gasteiger partial charge on any atom is -0.412 e. The number of rotatable bonds is 0. The average Bonchev–Trinajstić information content (AvgIpc) is 3.80. The van der Waals surface area contributed by atoms with Crippen molar-refractivity contribution in [3.8, 4) is 0 Å². The summed E-state index contributed by atoms with van der Waals surface area (Å²) in [5.41, 5.74) is 0. The van der Waals surface area contributed by atoms with Gasteiger partial charge in [0.25, 0.3) is 0 Å². The summed E-state index contributed by atoms with van der Waals surface area (Å²) in [7, 11) is 0. The van der Waals surface area contributed by atoms with Gasteiger partial charge in [-0.15, -0.1) is 0 Å². The van der Waals surface area contributed by atoms with Crippen LogP contribution < -0.4 is 42.5 Å². The zero-order chi connectivity index (χ0) is 33.4. The SMILES string of the molecule is C1CCC2C3NC(NC4NC(NC5NC(NC6NC(N3)C3CCCCC63)C3CCCCC53)C3CCCCC43)C2C1.O.O.O.O.O.O.O=[N+]([O-])[O-].O=[N+]([O-])[O-].[Mg+2]. The Balaban J connectivity index is 0.00000179. The van der Waals surface area contributed by atoms with Crippen LogP contribution in [0, 0.1) is 78.0 Å². The summed E-state index contributed by atoms with van der Waals surface area (Å²) in [6.07, 6.45) is 25.6. The van der Waals surface area contributed by atoms with Gasteiger partial charge in [0.1, 0.15) is 0 Å². The molecule has 8 atom stereocenters. The Kier molecular flexibility index (Phi) is 23.3. The first-order valence-corrected chi connectivity index (χ1v) is 19.0.